The summed E-state index contributed by atoms with van der Waals surface area (Å²) < 4.78 is 1.17. The summed E-state index contributed by atoms with van der Waals surface area (Å²) in [6, 6.07) is 13.1. The Labute approximate surface area is 135 Å². The highest BCUT2D eigenvalue weighted by Gasteiger charge is 2.15. The van der Waals surface area contributed by atoms with Crippen molar-refractivity contribution in [3.63, 3.8) is 0 Å². The zero-order valence-electron chi connectivity index (χ0n) is 12.9. The average molecular weight is 347 g/mol. The summed E-state index contributed by atoms with van der Waals surface area (Å²) in [6.45, 7) is 6.43. The molecule has 2 aromatic rings. The highest BCUT2D eigenvalue weighted by molar-refractivity contribution is 9.10. The van der Waals surface area contributed by atoms with E-state index in [0.717, 1.165) is 12.8 Å². The van der Waals surface area contributed by atoms with E-state index in [0.29, 0.717) is 0 Å². The van der Waals surface area contributed by atoms with Crippen LogP contribution in [0.5, 0.6) is 0 Å². The second kappa shape index (κ2) is 7.21. The van der Waals surface area contributed by atoms with Crippen LogP contribution in [0.25, 0.3) is 0 Å². The maximum Gasteiger partial charge on any atom is 0.0710 e. The maximum atomic E-state index is 5.84. The van der Waals surface area contributed by atoms with Crippen LogP contribution in [0.15, 0.2) is 40.9 Å². The molecule has 0 aliphatic heterocycles. The molecule has 0 amide bonds. The third-order valence-electron chi connectivity index (χ3n) is 3.78. The van der Waals surface area contributed by atoms with Crippen LogP contribution in [-0.4, -0.2) is 0 Å². The Morgan fingerprint density at radius 2 is 1.76 bits per heavy atom. The number of hydrogen-bond acceptors (Lipinski definition) is 2. The van der Waals surface area contributed by atoms with Crippen molar-refractivity contribution in [1.29, 1.82) is 0 Å². The van der Waals surface area contributed by atoms with Gasteiger partial charge in [0.15, 0.2) is 0 Å². The molecule has 0 aromatic heterocycles. The van der Waals surface area contributed by atoms with Gasteiger partial charge in [-0.05, 0) is 48.1 Å². The highest BCUT2D eigenvalue weighted by Crippen LogP contribution is 2.29. The van der Waals surface area contributed by atoms with Crippen molar-refractivity contribution in [3.05, 3.63) is 68.7 Å². The molecule has 0 saturated heterocycles. The lowest BCUT2D eigenvalue weighted by Gasteiger charge is -2.20. The summed E-state index contributed by atoms with van der Waals surface area (Å²) in [5.41, 5.74) is 9.20. The molecule has 0 spiro atoms. The molecule has 0 aliphatic carbocycles. The van der Waals surface area contributed by atoms with Gasteiger partial charge in [-0.1, -0.05) is 65.7 Å². The van der Waals surface area contributed by atoms with Gasteiger partial charge in [0.1, 0.15) is 0 Å². The monoisotopic (exact) mass is 346 g/mol. The molecule has 1 unspecified atom stereocenters. The maximum absolute atomic E-state index is 5.84. The normalized spacial score (nSPS) is 12.4. The number of benzene rings is 2. The second-order valence-electron chi connectivity index (χ2n) is 5.56. The molecule has 0 radical (unpaired) electrons. The Morgan fingerprint density at radius 1 is 1.10 bits per heavy atom. The molecule has 0 heterocycles. The fraction of sp³-hybridized carbons (Fsp3) is 0.333. The van der Waals surface area contributed by atoms with Crippen LogP contribution >= 0.6 is 15.9 Å². The molecule has 2 rings (SSSR count). The molecule has 3 heteroatoms. The van der Waals surface area contributed by atoms with Crippen molar-refractivity contribution in [3.8, 4) is 0 Å². The Hall–Kier alpha value is -1.16. The van der Waals surface area contributed by atoms with E-state index in [4.69, 9.17) is 5.84 Å². The highest BCUT2D eigenvalue weighted by atomic mass is 79.9. The van der Waals surface area contributed by atoms with E-state index >= 15 is 0 Å². The molecule has 0 aliphatic rings. The Bertz CT molecular complexity index is 599. The Kier molecular flexibility index (Phi) is 5.57. The van der Waals surface area contributed by atoms with Gasteiger partial charge in [-0.3, -0.25) is 5.84 Å². The minimum Gasteiger partial charge on any atom is -0.271 e. The molecule has 0 saturated carbocycles. The fourth-order valence-corrected chi connectivity index (χ4v) is 2.98. The number of aryl methyl sites for hydroxylation is 3. The molecule has 1 atom stereocenters. The molecule has 0 bridgehead atoms. The van der Waals surface area contributed by atoms with Crippen molar-refractivity contribution in [2.45, 2.75) is 39.7 Å². The van der Waals surface area contributed by atoms with E-state index in [1.807, 2.05) is 0 Å². The fourth-order valence-electron chi connectivity index (χ4n) is 2.75. The standard InChI is InChI=1S/C18H23BrN2/c1-4-6-14-7-5-8-15(11-14)18(21-20)16-9-12(2)17(19)13(3)10-16/h5,7-11,18,21H,4,6,20H2,1-3H3. The van der Waals surface area contributed by atoms with E-state index in [9.17, 15) is 0 Å². The van der Waals surface area contributed by atoms with Crippen LogP contribution in [0.3, 0.4) is 0 Å². The number of hydrazine groups is 1. The van der Waals surface area contributed by atoms with Crippen molar-refractivity contribution in [2.75, 3.05) is 0 Å². The Morgan fingerprint density at radius 3 is 2.33 bits per heavy atom. The SMILES string of the molecule is CCCc1cccc(C(NN)c2cc(C)c(Br)c(C)c2)c1. The Balaban J connectivity index is 2.42. The quantitative estimate of drug-likeness (QED) is 0.614. The van der Waals surface area contributed by atoms with Crippen LogP contribution in [-0.2, 0) is 6.42 Å². The second-order valence-corrected chi connectivity index (χ2v) is 6.36. The van der Waals surface area contributed by atoms with E-state index in [1.54, 1.807) is 0 Å². The topological polar surface area (TPSA) is 38.0 Å². The van der Waals surface area contributed by atoms with Gasteiger partial charge in [0.25, 0.3) is 0 Å². The van der Waals surface area contributed by atoms with Crippen molar-refractivity contribution >= 4 is 15.9 Å². The number of nitrogens with one attached hydrogen (secondary N) is 1. The molecular weight excluding hydrogens is 324 g/mol. The van der Waals surface area contributed by atoms with Gasteiger partial charge in [-0.15, -0.1) is 0 Å². The summed E-state index contributed by atoms with van der Waals surface area (Å²) in [4.78, 5) is 0. The smallest absolute Gasteiger partial charge is 0.0710 e. The molecule has 0 fully saturated rings. The first-order chi connectivity index (χ1) is 10.1. The number of hydrogen-bond donors (Lipinski definition) is 2. The molecule has 2 nitrogen and oxygen atoms in total. The zero-order chi connectivity index (χ0) is 15.4. The molecular formula is C18H23BrN2. The van der Waals surface area contributed by atoms with E-state index < -0.39 is 0 Å². The summed E-state index contributed by atoms with van der Waals surface area (Å²) >= 11 is 3.62. The number of rotatable bonds is 5. The van der Waals surface area contributed by atoms with Crippen molar-refractivity contribution in [2.24, 2.45) is 5.84 Å². The predicted octanol–water partition coefficient (Wildman–Crippen LogP) is 4.57. The van der Waals surface area contributed by atoms with Gasteiger partial charge < -0.3 is 0 Å². The lowest BCUT2D eigenvalue weighted by Crippen LogP contribution is -2.29. The lowest BCUT2D eigenvalue weighted by molar-refractivity contribution is 0.635. The first-order valence-corrected chi connectivity index (χ1v) is 8.17. The van der Waals surface area contributed by atoms with Crippen LogP contribution in [0.4, 0.5) is 0 Å². The summed E-state index contributed by atoms with van der Waals surface area (Å²) in [5.74, 6) is 5.84. The first-order valence-electron chi connectivity index (χ1n) is 7.38. The predicted molar refractivity (Wildman–Crippen MR) is 93.2 cm³/mol. The molecule has 2 aromatic carbocycles. The van der Waals surface area contributed by atoms with Crippen LogP contribution < -0.4 is 11.3 Å². The van der Waals surface area contributed by atoms with Gasteiger partial charge in [0.05, 0.1) is 6.04 Å². The molecule has 21 heavy (non-hydrogen) atoms. The number of nitrogens with two attached hydrogens (primary N) is 1. The summed E-state index contributed by atoms with van der Waals surface area (Å²) in [7, 11) is 0. The third-order valence-corrected chi connectivity index (χ3v) is 5.03. The minimum absolute atomic E-state index is 0.0207. The van der Waals surface area contributed by atoms with Crippen molar-refractivity contribution < 1.29 is 0 Å². The van der Waals surface area contributed by atoms with Crippen LogP contribution in [0.1, 0.15) is 47.2 Å². The van der Waals surface area contributed by atoms with Crippen LogP contribution in [0, 0.1) is 13.8 Å². The first kappa shape index (κ1) is 16.2. The lowest BCUT2D eigenvalue weighted by atomic mass is 9.94. The summed E-state index contributed by atoms with van der Waals surface area (Å²) in [6.07, 6.45) is 2.25. The van der Waals surface area contributed by atoms with E-state index in [1.165, 1.54) is 32.3 Å². The van der Waals surface area contributed by atoms with Gasteiger partial charge in [0.2, 0.25) is 0 Å². The zero-order valence-corrected chi connectivity index (χ0v) is 14.5. The van der Waals surface area contributed by atoms with Gasteiger partial charge in [-0.2, -0.15) is 0 Å². The van der Waals surface area contributed by atoms with Gasteiger partial charge >= 0.3 is 0 Å². The van der Waals surface area contributed by atoms with Crippen LogP contribution in [0.2, 0.25) is 0 Å². The largest absolute Gasteiger partial charge is 0.271 e. The molecule has 3 N–H and O–H groups in total. The van der Waals surface area contributed by atoms with Gasteiger partial charge in [0, 0.05) is 4.47 Å². The van der Waals surface area contributed by atoms with Gasteiger partial charge in [-0.25, -0.2) is 5.43 Å². The average Bonchev–Trinajstić information content (AvgIpc) is 2.46. The van der Waals surface area contributed by atoms with Crippen molar-refractivity contribution in [1.82, 2.24) is 5.43 Å². The number of halogens is 1. The molecule has 112 valence electrons. The van der Waals surface area contributed by atoms with E-state index in [2.05, 4.69) is 78.5 Å². The van der Waals surface area contributed by atoms with E-state index in [-0.39, 0.29) is 6.04 Å². The third kappa shape index (κ3) is 3.73. The minimum atomic E-state index is 0.0207. The summed E-state index contributed by atoms with van der Waals surface area (Å²) in [5, 5.41) is 0.